The highest BCUT2D eigenvalue weighted by molar-refractivity contribution is 4.92. The summed E-state index contributed by atoms with van der Waals surface area (Å²) in [7, 11) is 0. The van der Waals surface area contributed by atoms with Crippen LogP contribution in [0.5, 0.6) is 0 Å². The smallest absolute Gasteiger partial charge is 0.169 e. The summed E-state index contributed by atoms with van der Waals surface area (Å²) in [5.41, 5.74) is 0. The minimum absolute atomic E-state index is 0.223. The van der Waals surface area contributed by atoms with Gasteiger partial charge in [0.15, 0.2) is 5.79 Å². The van der Waals surface area contributed by atoms with Crippen LogP contribution < -0.4 is 0 Å². The van der Waals surface area contributed by atoms with Crippen molar-refractivity contribution >= 4 is 0 Å². The molecule has 0 aromatic carbocycles. The maximum absolute atomic E-state index is 6.00. The van der Waals surface area contributed by atoms with Crippen LogP contribution in [0.1, 0.15) is 47.0 Å². The molecular formula is C12H22O2. The SMILES string of the molecule is CC[C@H]1CC2(CC1C)O[C@H](C)[C@@H](C)O2. The number of rotatable bonds is 1. The van der Waals surface area contributed by atoms with E-state index in [0.717, 1.165) is 24.7 Å². The molecule has 0 radical (unpaired) electrons. The standard InChI is InChI=1S/C12H22O2/c1-5-11-7-12(6-8(11)2)13-9(3)10(4)14-12/h8-11H,5-7H2,1-4H3/t8?,9-,10-,11+/m1/s1. The van der Waals surface area contributed by atoms with Crippen LogP contribution >= 0.6 is 0 Å². The lowest BCUT2D eigenvalue weighted by atomic mass is 9.96. The van der Waals surface area contributed by atoms with Crippen molar-refractivity contribution in [2.24, 2.45) is 11.8 Å². The monoisotopic (exact) mass is 198 g/mol. The molecule has 0 bridgehead atoms. The predicted molar refractivity (Wildman–Crippen MR) is 56.0 cm³/mol. The van der Waals surface area contributed by atoms with E-state index in [4.69, 9.17) is 9.47 Å². The molecule has 1 aliphatic carbocycles. The molecule has 14 heavy (non-hydrogen) atoms. The number of hydrogen-bond acceptors (Lipinski definition) is 2. The highest BCUT2D eigenvalue weighted by Gasteiger charge is 2.51. The van der Waals surface area contributed by atoms with Crippen molar-refractivity contribution in [1.29, 1.82) is 0 Å². The van der Waals surface area contributed by atoms with Crippen LogP contribution in [0.2, 0.25) is 0 Å². The Bertz CT molecular complexity index is 204. The van der Waals surface area contributed by atoms with Crippen LogP contribution in [0.15, 0.2) is 0 Å². The van der Waals surface area contributed by atoms with Gasteiger partial charge >= 0.3 is 0 Å². The Labute approximate surface area is 87.0 Å². The van der Waals surface area contributed by atoms with Gasteiger partial charge in [-0.2, -0.15) is 0 Å². The number of hydrogen-bond donors (Lipinski definition) is 0. The molecule has 0 aromatic rings. The van der Waals surface area contributed by atoms with Crippen LogP contribution in [0, 0.1) is 11.8 Å². The van der Waals surface area contributed by atoms with Crippen molar-refractivity contribution in [3.05, 3.63) is 0 Å². The normalized spacial score (nSPS) is 46.3. The zero-order valence-corrected chi connectivity index (χ0v) is 9.75. The molecule has 0 aromatic heterocycles. The van der Waals surface area contributed by atoms with Crippen molar-refractivity contribution in [2.75, 3.05) is 0 Å². The van der Waals surface area contributed by atoms with E-state index in [1.165, 1.54) is 6.42 Å². The second kappa shape index (κ2) is 3.49. The van der Waals surface area contributed by atoms with Crippen molar-refractivity contribution < 1.29 is 9.47 Å². The van der Waals surface area contributed by atoms with Gasteiger partial charge in [0.25, 0.3) is 0 Å². The lowest BCUT2D eigenvalue weighted by molar-refractivity contribution is -0.170. The fraction of sp³-hybridized carbons (Fsp3) is 1.00. The van der Waals surface area contributed by atoms with Crippen molar-refractivity contribution in [1.82, 2.24) is 0 Å². The lowest BCUT2D eigenvalue weighted by Crippen LogP contribution is -2.27. The van der Waals surface area contributed by atoms with Gasteiger partial charge < -0.3 is 9.47 Å². The minimum atomic E-state index is -0.223. The molecule has 1 unspecified atom stereocenters. The van der Waals surface area contributed by atoms with Gasteiger partial charge in [0.1, 0.15) is 0 Å². The third kappa shape index (κ3) is 1.59. The van der Waals surface area contributed by atoms with Crippen LogP contribution in [0.4, 0.5) is 0 Å². The first kappa shape index (κ1) is 10.4. The topological polar surface area (TPSA) is 18.5 Å². The van der Waals surface area contributed by atoms with Gasteiger partial charge in [-0.1, -0.05) is 20.3 Å². The van der Waals surface area contributed by atoms with E-state index in [9.17, 15) is 0 Å². The van der Waals surface area contributed by atoms with E-state index in [0.29, 0.717) is 0 Å². The van der Waals surface area contributed by atoms with Gasteiger partial charge in [0.05, 0.1) is 12.2 Å². The zero-order valence-electron chi connectivity index (χ0n) is 9.75. The minimum Gasteiger partial charge on any atom is -0.344 e. The second-order valence-electron chi connectivity index (χ2n) is 5.11. The van der Waals surface area contributed by atoms with Crippen molar-refractivity contribution in [3.8, 4) is 0 Å². The predicted octanol–water partition coefficient (Wildman–Crippen LogP) is 2.96. The molecule has 1 heterocycles. The highest BCUT2D eigenvalue weighted by Crippen LogP contribution is 2.48. The fourth-order valence-electron chi connectivity index (χ4n) is 2.98. The largest absolute Gasteiger partial charge is 0.344 e. The Balaban J connectivity index is 2.06. The van der Waals surface area contributed by atoms with Gasteiger partial charge in [-0.15, -0.1) is 0 Å². The van der Waals surface area contributed by atoms with E-state index >= 15 is 0 Å². The summed E-state index contributed by atoms with van der Waals surface area (Å²) in [4.78, 5) is 0. The Morgan fingerprint density at radius 3 is 2.07 bits per heavy atom. The Hall–Kier alpha value is -0.0800. The van der Waals surface area contributed by atoms with E-state index in [1.54, 1.807) is 0 Å². The summed E-state index contributed by atoms with van der Waals surface area (Å²) in [6.07, 6.45) is 3.95. The maximum Gasteiger partial charge on any atom is 0.169 e. The van der Waals surface area contributed by atoms with Crippen LogP contribution in [-0.2, 0) is 9.47 Å². The summed E-state index contributed by atoms with van der Waals surface area (Å²) in [6.45, 7) is 8.82. The van der Waals surface area contributed by atoms with Gasteiger partial charge in [-0.25, -0.2) is 0 Å². The van der Waals surface area contributed by atoms with E-state index < -0.39 is 0 Å². The first-order valence-corrected chi connectivity index (χ1v) is 5.92. The molecule has 1 saturated carbocycles. The molecule has 2 aliphatic rings. The van der Waals surface area contributed by atoms with Crippen molar-refractivity contribution in [3.63, 3.8) is 0 Å². The van der Waals surface area contributed by atoms with Gasteiger partial charge in [0.2, 0.25) is 0 Å². The average molecular weight is 198 g/mol. The Morgan fingerprint density at radius 2 is 1.64 bits per heavy atom. The summed E-state index contributed by atoms with van der Waals surface area (Å²) in [5, 5.41) is 0. The highest BCUT2D eigenvalue weighted by atomic mass is 16.8. The van der Waals surface area contributed by atoms with E-state index in [-0.39, 0.29) is 18.0 Å². The summed E-state index contributed by atoms with van der Waals surface area (Å²) in [6, 6.07) is 0. The quantitative estimate of drug-likeness (QED) is 0.645. The first-order chi connectivity index (χ1) is 6.56. The van der Waals surface area contributed by atoms with Crippen LogP contribution in [0.25, 0.3) is 0 Å². The Morgan fingerprint density at radius 1 is 1.07 bits per heavy atom. The van der Waals surface area contributed by atoms with Crippen molar-refractivity contribution in [2.45, 2.75) is 65.0 Å². The fourth-order valence-corrected chi connectivity index (χ4v) is 2.98. The molecule has 0 N–H and O–H groups in total. The lowest BCUT2D eigenvalue weighted by Gasteiger charge is -2.22. The molecular weight excluding hydrogens is 176 g/mol. The molecule has 2 heteroatoms. The second-order valence-corrected chi connectivity index (χ2v) is 5.11. The Kier molecular flexibility index (Phi) is 2.61. The van der Waals surface area contributed by atoms with Crippen LogP contribution in [-0.4, -0.2) is 18.0 Å². The maximum atomic E-state index is 6.00. The summed E-state index contributed by atoms with van der Waals surface area (Å²) >= 11 is 0. The molecule has 2 rings (SSSR count). The number of ether oxygens (including phenoxy) is 2. The third-order valence-corrected chi connectivity index (χ3v) is 4.00. The molecule has 2 nitrogen and oxygen atoms in total. The first-order valence-electron chi connectivity index (χ1n) is 5.92. The molecule has 1 aliphatic heterocycles. The van der Waals surface area contributed by atoms with Crippen LogP contribution in [0.3, 0.4) is 0 Å². The van der Waals surface area contributed by atoms with Gasteiger partial charge in [-0.3, -0.25) is 0 Å². The van der Waals surface area contributed by atoms with Gasteiger partial charge in [-0.05, 0) is 25.7 Å². The molecule has 1 saturated heterocycles. The molecule has 1 spiro atoms. The summed E-state index contributed by atoms with van der Waals surface area (Å²) in [5.74, 6) is 1.31. The van der Waals surface area contributed by atoms with E-state index in [1.807, 2.05) is 0 Å². The van der Waals surface area contributed by atoms with Gasteiger partial charge in [0, 0.05) is 12.8 Å². The third-order valence-electron chi connectivity index (χ3n) is 4.00. The average Bonchev–Trinajstić information content (AvgIpc) is 2.55. The molecule has 2 fully saturated rings. The summed E-state index contributed by atoms with van der Waals surface area (Å²) < 4.78 is 12.0. The molecule has 4 atom stereocenters. The zero-order chi connectivity index (χ0) is 10.3. The molecule has 0 amide bonds. The van der Waals surface area contributed by atoms with E-state index in [2.05, 4.69) is 27.7 Å². The molecule has 82 valence electrons.